The van der Waals surface area contributed by atoms with Gasteiger partial charge in [0.1, 0.15) is 17.3 Å². The number of rotatable bonds is 9. The first kappa shape index (κ1) is 21.8. The van der Waals surface area contributed by atoms with E-state index in [4.69, 9.17) is 4.74 Å². The van der Waals surface area contributed by atoms with Crippen molar-refractivity contribution in [3.63, 3.8) is 0 Å². The monoisotopic (exact) mass is 428 g/mol. The summed E-state index contributed by atoms with van der Waals surface area (Å²) in [6.07, 6.45) is 4.83. The maximum atomic E-state index is 13.6. The lowest BCUT2D eigenvalue weighted by molar-refractivity contribution is 0.473. The lowest BCUT2D eigenvalue weighted by atomic mass is 10.1. The van der Waals surface area contributed by atoms with Crippen molar-refractivity contribution in [2.24, 2.45) is 0 Å². The molecule has 30 heavy (non-hydrogen) atoms. The minimum absolute atomic E-state index is 0.0308. The van der Waals surface area contributed by atoms with Crippen molar-refractivity contribution < 1.29 is 17.5 Å². The summed E-state index contributed by atoms with van der Waals surface area (Å²) in [6.45, 7) is 3.80. The van der Waals surface area contributed by atoms with Gasteiger partial charge in [-0.15, -0.1) is 0 Å². The Balaban J connectivity index is 1.94. The van der Waals surface area contributed by atoms with E-state index in [0.717, 1.165) is 17.5 Å². The highest BCUT2D eigenvalue weighted by Crippen LogP contribution is 2.31. The second-order valence-electron chi connectivity index (χ2n) is 6.87. The molecule has 0 fully saturated rings. The largest absolute Gasteiger partial charge is 0.457 e. The van der Waals surface area contributed by atoms with E-state index < -0.39 is 10.0 Å². The molecule has 5 nitrogen and oxygen atoms in total. The molecule has 7 heteroatoms. The first-order valence-corrected chi connectivity index (χ1v) is 11.5. The van der Waals surface area contributed by atoms with Crippen LogP contribution in [0.2, 0.25) is 0 Å². The van der Waals surface area contributed by atoms with E-state index in [9.17, 15) is 12.8 Å². The van der Waals surface area contributed by atoms with Crippen LogP contribution in [-0.2, 0) is 23.0 Å². The highest BCUT2D eigenvalue weighted by Gasteiger charge is 2.21. The van der Waals surface area contributed by atoms with Gasteiger partial charge in [0.2, 0.25) is 10.0 Å². The smallest absolute Gasteiger partial charge is 0.235 e. The fraction of sp³-hybridized carbons (Fsp3) is 0.261. The molecule has 158 valence electrons. The first-order valence-electron chi connectivity index (χ1n) is 9.88. The summed E-state index contributed by atoms with van der Waals surface area (Å²) in [5, 5.41) is 0. The van der Waals surface area contributed by atoms with Gasteiger partial charge in [-0.25, -0.2) is 12.8 Å². The number of pyridine rings is 1. The van der Waals surface area contributed by atoms with Crippen LogP contribution < -0.4 is 9.04 Å². The number of anilines is 1. The van der Waals surface area contributed by atoms with Gasteiger partial charge in [-0.2, -0.15) is 0 Å². The molecule has 0 amide bonds. The number of halogens is 1. The van der Waals surface area contributed by atoms with Crippen LogP contribution in [0.15, 0.2) is 67.0 Å². The van der Waals surface area contributed by atoms with E-state index >= 15 is 0 Å². The number of aryl methyl sites for hydroxylation is 1. The maximum Gasteiger partial charge on any atom is 0.235 e. The van der Waals surface area contributed by atoms with Crippen molar-refractivity contribution in [1.29, 1.82) is 0 Å². The average Bonchev–Trinajstić information content (AvgIpc) is 2.75. The zero-order valence-electron chi connectivity index (χ0n) is 17.1. The number of benzene rings is 2. The molecular weight excluding hydrogens is 403 g/mol. The van der Waals surface area contributed by atoms with Crippen LogP contribution >= 0.6 is 0 Å². The standard InChI is InChI=1S/C23H25FN2O3S/c1-3-7-19-14-20(24)11-12-23(19)29-22-10-5-9-21(15-22)26(30(27,28)4-2)17-18-8-6-13-25-16-18/h5-6,8-16H,3-4,7,17H2,1-2H3. The number of nitrogens with zero attached hydrogens (tertiary/aromatic N) is 2. The van der Waals surface area contributed by atoms with E-state index in [0.29, 0.717) is 23.6 Å². The Morgan fingerprint density at radius 3 is 2.60 bits per heavy atom. The Hall–Kier alpha value is -2.93. The van der Waals surface area contributed by atoms with Gasteiger partial charge < -0.3 is 4.74 Å². The van der Waals surface area contributed by atoms with Crippen molar-refractivity contribution in [3.8, 4) is 11.5 Å². The summed E-state index contributed by atoms with van der Waals surface area (Å²) in [5.41, 5.74) is 2.05. The van der Waals surface area contributed by atoms with Crippen molar-refractivity contribution in [1.82, 2.24) is 4.98 Å². The van der Waals surface area contributed by atoms with E-state index in [1.54, 1.807) is 55.7 Å². The molecule has 3 rings (SSSR count). The minimum Gasteiger partial charge on any atom is -0.457 e. The van der Waals surface area contributed by atoms with Gasteiger partial charge in [0, 0.05) is 18.5 Å². The molecular formula is C23H25FN2O3S. The Morgan fingerprint density at radius 2 is 1.90 bits per heavy atom. The van der Waals surface area contributed by atoms with Crippen molar-refractivity contribution in [2.45, 2.75) is 33.2 Å². The highest BCUT2D eigenvalue weighted by molar-refractivity contribution is 7.92. The van der Waals surface area contributed by atoms with Gasteiger partial charge >= 0.3 is 0 Å². The number of sulfonamides is 1. The van der Waals surface area contributed by atoms with Crippen LogP contribution in [0, 0.1) is 5.82 Å². The molecule has 0 N–H and O–H groups in total. The molecule has 0 aliphatic heterocycles. The molecule has 0 saturated heterocycles. The SMILES string of the molecule is CCCc1cc(F)ccc1Oc1cccc(N(Cc2cccnc2)S(=O)(=O)CC)c1. The van der Waals surface area contributed by atoms with Crippen LogP contribution in [0.4, 0.5) is 10.1 Å². The highest BCUT2D eigenvalue weighted by atomic mass is 32.2. The molecule has 2 aromatic carbocycles. The summed E-state index contributed by atoms with van der Waals surface area (Å²) in [7, 11) is -3.52. The third kappa shape index (κ3) is 5.36. The summed E-state index contributed by atoms with van der Waals surface area (Å²) in [4.78, 5) is 4.07. The third-order valence-electron chi connectivity index (χ3n) is 4.62. The summed E-state index contributed by atoms with van der Waals surface area (Å²) < 4.78 is 46.5. The van der Waals surface area contributed by atoms with Crippen LogP contribution in [0.5, 0.6) is 11.5 Å². The van der Waals surface area contributed by atoms with Crippen LogP contribution in [-0.4, -0.2) is 19.2 Å². The van der Waals surface area contributed by atoms with Gasteiger partial charge in [-0.1, -0.05) is 25.5 Å². The first-order chi connectivity index (χ1) is 14.4. The van der Waals surface area contributed by atoms with Crippen LogP contribution in [0.25, 0.3) is 0 Å². The van der Waals surface area contributed by atoms with E-state index in [1.807, 2.05) is 13.0 Å². The maximum absolute atomic E-state index is 13.6. The molecule has 0 aliphatic rings. The summed E-state index contributed by atoms with van der Waals surface area (Å²) in [5.74, 6) is 0.708. The van der Waals surface area contributed by atoms with Gasteiger partial charge in [0.25, 0.3) is 0 Å². The molecule has 0 bridgehead atoms. The molecule has 1 heterocycles. The van der Waals surface area contributed by atoms with Crippen molar-refractivity contribution in [3.05, 3.63) is 83.9 Å². The van der Waals surface area contributed by atoms with Crippen molar-refractivity contribution >= 4 is 15.7 Å². The van der Waals surface area contributed by atoms with Gasteiger partial charge in [-0.05, 0) is 60.9 Å². The van der Waals surface area contributed by atoms with E-state index in [2.05, 4.69) is 4.98 Å². The number of hydrogen-bond donors (Lipinski definition) is 0. The normalized spacial score (nSPS) is 11.3. The molecule has 0 saturated carbocycles. The molecule has 0 atom stereocenters. The number of aromatic nitrogens is 1. The second-order valence-corrected chi connectivity index (χ2v) is 9.05. The predicted octanol–water partition coefficient (Wildman–Crippen LogP) is 5.32. The van der Waals surface area contributed by atoms with Crippen molar-refractivity contribution in [2.75, 3.05) is 10.1 Å². The molecule has 0 unspecified atom stereocenters. The fourth-order valence-corrected chi connectivity index (χ4v) is 4.20. The van der Waals surface area contributed by atoms with E-state index in [1.165, 1.54) is 16.4 Å². The predicted molar refractivity (Wildman–Crippen MR) is 117 cm³/mol. The Labute approximate surface area is 177 Å². The summed E-state index contributed by atoms with van der Waals surface area (Å²) in [6, 6.07) is 14.9. The Morgan fingerprint density at radius 1 is 1.07 bits per heavy atom. The molecule has 3 aromatic rings. The lowest BCUT2D eigenvalue weighted by Gasteiger charge is -2.24. The molecule has 1 aromatic heterocycles. The van der Waals surface area contributed by atoms with Gasteiger partial charge in [0.15, 0.2) is 0 Å². The number of hydrogen-bond acceptors (Lipinski definition) is 4. The quantitative estimate of drug-likeness (QED) is 0.463. The lowest BCUT2D eigenvalue weighted by Crippen LogP contribution is -2.31. The van der Waals surface area contributed by atoms with E-state index in [-0.39, 0.29) is 18.1 Å². The number of ether oxygens (including phenoxy) is 1. The molecule has 0 radical (unpaired) electrons. The van der Waals surface area contributed by atoms with Crippen LogP contribution in [0.1, 0.15) is 31.4 Å². The van der Waals surface area contributed by atoms with Gasteiger partial charge in [-0.3, -0.25) is 9.29 Å². The summed E-state index contributed by atoms with van der Waals surface area (Å²) >= 11 is 0. The fourth-order valence-electron chi connectivity index (χ4n) is 3.10. The second kappa shape index (κ2) is 9.71. The molecule has 0 aliphatic carbocycles. The third-order valence-corrected chi connectivity index (χ3v) is 6.37. The topological polar surface area (TPSA) is 59.5 Å². The minimum atomic E-state index is -3.52. The Bertz CT molecular complexity index is 1090. The Kier molecular flexibility index (Phi) is 7.05. The average molecular weight is 429 g/mol. The molecule has 0 spiro atoms. The zero-order valence-corrected chi connectivity index (χ0v) is 17.9. The zero-order chi connectivity index (χ0) is 21.6. The van der Waals surface area contributed by atoms with Crippen LogP contribution in [0.3, 0.4) is 0 Å². The van der Waals surface area contributed by atoms with Gasteiger partial charge in [0.05, 0.1) is 18.0 Å².